The van der Waals surface area contributed by atoms with E-state index in [1.54, 1.807) is 6.07 Å². The van der Waals surface area contributed by atoms with Crippen LogP contribution in [0.4, 0.5) is 11.4 Å². The summed E-state index contributed by atoms with van der Waals surface area (Å²) in [5.41, 5.74) is 7.74. The molecular formula is C14H19N3O. The van der Waals surface area contributed by atoms with E-state index >= 15 is 0 Å². The van der Waals surface area contributed by atoms with Gasteiger partial charge in [-0.15, -0.1) is 0 Å². The van der Waals surface area contributed by atoms with Crippen molar-refractivity contribution in [3.05, 3.63) is 23.8 Å². The summed E-state index contributed by atoms with van der Waals surface area (Å²) in [6.07, 6.45) is 4.80. The van der Waals surface area contributed by atoms with Gasteiger partial charge in [0.15, 0.2) is 0 Å². The Morgan fingerprint density at radius 2 is 2.11 bits per heavy atom. The Balaban J connectivity index is 2.27. The molecule has 3 N–H and O–H groups in total. The van der Waals surface area contributed by atoms with E-state index in [0.29, 0.717) is 23.8 Å². The number of nitrogen functional groups attached to an aromatic ring is 1. The van der Waals surface area contributed by atoms with Gasteiger partial charge < -0.3 is 15.7 Å². The third kappa shape index (κ3) is 2.57. The van der Waals surface area contributed by atoms with E-state index in [2.05, 4.69) is 11.0 Å². The standard InChI is InChI=1S/C14H19N3O/c15-10-11-9-13(5-6-14(11)16)17(7-8-18)12-3-1-2-4-12/h5-6,9,12,18H,1-4,7-8,16H2. The SMILES string of the molecule is N#Cc1cc(N(CCO)C2CCCC2)ccc1N. The Bertz CT molecular complexity index is 447. The molecule has 0 heterocycles. The molecule has 18 heavy (non-hydrogen) atoms. The number of hydrogen-bond acceptors (Lipinski definition) is 4. The third-order valence-corrected chi connectivity index (χ3v) is 3.60. The molecular weight excluding hydrogens is 226 g/mol. The molecule has 0 unspecified atom stereocenters. The molecule has 1 saturated carbocycles. The second-order valence-electron chi connectivity index (χ2n) is 4.74. The van der Waals surface area contributed by atoms with Crippen LogP contribution in [0, 0.1) is 11.3 Å². The first kappa shape index (κ1) is 12.7. The zero-order valence-corrected chi connectivity index (χ0v) is 10.5. The minimum absolute atomic E-state index is 0.128. The van der Waals surface area contributed by atoms with Crippen LogP contribution in [-0.2, 0) is 0 Å². The number of nitrogens with two attached hydrogens (primary N) is 1. The predicted molar refractivity (Wildman–Crippen MR) is 72.3 cm³/mol. The summed E-state index contributed by atoms with van der Waals surface area (Å²) in [5, 5.41) is 18.2. The van der Waals surface area contributed by atoms with Gasteiger partial charge in [-0.1, -0.05) is 12.8 Å². The average Bonchev–Trinajstić information content (AvgIpc) is 2.90. The van der Waals surface area contributed by atoms with Crippen LogP contribution in [0.25, 0.3) is 0 Å². The normalized spacial score (nSPS) is 15.6. The van der Waals surface area contributed by atoms with Gasteiger partial charge >= 0.3 is 0 Å². The molecule has 0 bridgehead atoms. The van der Waals surface area contributed by atoms with Crippen molar-refractivity contribution in [1.82, 2.24) is 0 Å². The Kier molecular flexibility index (Phi) is 4.06. The molecule has 0 radical (unpaired) electrons. The van der Waals surface area contributed by atoms with E-state index in [4.69, 9.17) is 11.0 Å². The molecule has 1 aliphatic rings. The van der Waals surface area contributed by atoms with E-state index in [-0.39, 0.29) is 6.61 Å². The highest BCUT2D eigenvalue weighted by atomic mass is 16.3. The fourth-order valence-corrected chi connectivity index (χ4v) is 2.67. The number of nitrogens with zero attached hydrogens (tertiary/aromatic N) is 2. The van der Waals surface area contributed by atoms with Crippen molar-refractivity contribution in [1.29, 1.82) is 5.26 Å². The lowest BCUT2D eigenvalue weighted by molar-refractivity contribution is 0.297. The van der Waals surface area contributed by atoms with Crippen molar-refractivity contribution in [3.63, 3.8) is 0 Å². The number of anilines is 2. The summed E-state index contributed by atoms with van der Waals surface area (Å²) in [6, 6.07) is 8.12. The second kappa shape index (κ2) is 5.74. The molecule has 0 spiro atoms. The topological polar surface area (TPSA) is 73.3 Å². The van der Waals surface area contributed by atoms with Gasteiger partial charge in [-0.3, -0.25) is 0 Å². The molecule has 4 nitrogen and oxygen atoms in total. The minimum atomic E-state index is 0.128. The zero-order valence-electron chi connectivity index (χ0n) is 10.5. The minimum Gasteiger partial charge on any atom is -0.398 e. The number of aliphatic hydroxyl groups is 1. The first-order valence-corrected chi connectivity index (χ1v) is 6.43. The number of benzene rings is 1. The largest absolute Gasteiger partial charge is 0.398 e. The van der Waals surface area contributed by atoms with Crippen molar-refractivity contribution in [2.24, 2.45) is 0 Å². The van der Waals surface area contributed by atoms with Crippen LogP contribution in [0.1, 0.15) is 31.2 Å². The molecule has 4 heteroatoms. The van der Waals surface area contributed by atoms with E-state index in [9.17, 15) is 5.11 Å². The van der Waals surface area contributed by atoms with E-state index in [1.165, 1.54) is 12.8 Å². The van der Waals surface area contributed by atoms with Crippen molar-refractivity contribution in [2.75, 3.05) is 23.8 Å². The molecule has 1 fully saturated rings. The van der Waals surface area contributed by atoms with Crippen LogP contribution in [0.3, 0.4) is 0 Å². The summed E-state index contributed by atoms with van der Waals surface area (Å²) >= 11 is 0. The van der Waals surface area contributed by atoms with Gasteiger partial charge in [0.25, 0.3) is 0 Å². The zero-order chi connectivity index (χ0) is 13.0. The Hall–Kier alpha value is -1.73. The molecule has 2 rings (SSSR count). The van der Waals surface area contributed by atoms with Crippen LogP contribution in [0.5, 0.6) is 0 Å². The lowest BCUT2D eigenvalue weighted by Crippen LogP contribution is -2.35. The van der Waals surface area contributed by atoms with Gasteiger partial charge in [-0.05, 0) is 31.0 Å². The van der Waals surface area contributed by atoms with Crippen LogP contribution in [-0.4, -0.2) is 24.3 Å². The van der Waals surface area contributed by atoms with Crippen molar-refractivity contribution < 1.29 is 5.11 Å². The fourth-order valence-electron chi connectivity index (χ4n) is 2.67. The molecule has 0 saturated heterocycles. The van der Waals surface area contributed by atoms with Crippen molar-refractivity contribution in [3.8, 4) is 6.07 Å². The summed E-state index contributed by atoms with van der Waals surface area (Å²) in [7, 11) is 0. The maximum absolute atomic E-state index is 9.21. The highest BCUT2D eigenvalue weighted by molar-refractivity contribution is 5.63. The molecule has 1 aliphatic carbocycles. The Morgan fingerprint density at radius 3 is 2.72 bits per heavy atom. The van der Waals surface area contributed by atoms with Crippen LogP contribution in [0.2, 0.25) is 0 Å². The fraction of sp³-hybridized carbons (Fsp3) is 0.500. The van der Waals surface area contributed by atoms with E-state index < -0.39 is 0 Å². The summed E-state index contributed by atoms with van der Waals surface area (Å²) in [5.74, 6) is 0. The van der Waals surface area contributed by atoms with Gasteiger partial charge in [0.2, 0.25) is 0 Å². The van der Waals surface area contributed by atoms with Gasteiger partial charge in [0, 0.05) is 24.0 Å². The molecule has 0 atom stereocenters. The quantitative estimate of drug-likeness (QED) is 0.794. The highest BCUT2D eigenvalue weighted by Gasteiger charge is 2.22. The van der Waals surface area contributed by atoms with E-state index in [1.807, 2.05) is 12.1 Å². The smallest absolute Gasteiger partial charge is 0.101 e. The summed E-state index contributed by atoms with van der Waals surface area (Å²) < 4.78 is 0. The molecule has 0 aliphatic heterocycles. The van der Waals surface area contributed by atoms with Crippen molar-refractivity contribution in [2.45, 2.75) is 31.7 Å². The molecule has 1 aromatic rings. The van der Waals surface area contributed by atoms with Gasteiger partial charge in [0.05, 0.1) is 12.2 Å². The third-order valence-electron chi connectivity index (χ3n) is 3.60. The summed E-state index contributed by atoms with van der Waals surface area (Å²) in [6.45, 7) is 0.738. The van der Waals surface area contributed by atoms with Gasteiger partial charge in [-0.25, -0.2) is 0 Å². The maximum Gasteiger partial charge on any atom is 0.101 e. The van der Waals surface area contributed by atoms with E-state index in [0.717, 1.165) is 18.5 Å². The first-order chi connectivity index (χ1) is 8.76. The molecule has 0 amide bonds. The number of hydrogen-bond donors (Lipinski definition) is 2. The average molecular weight is 245 g/mol. The van der Waals surface area contributed by atoms with Crippen molar-refractivity contribution >= 4 is 11.4 Å². The molecule has 1 aromatic carbocycles. The van der Waals surface area contributed by atoms with Gasteiger partial charge in [-0.2, -0.15) is 5.26 Å². The van der Waals surface area contributed by atoms with Crippen LogP contribution >= 0.6 is 0 Å². The Morgan fingerprint density at radius 1 is 1.39 bits per heavy atom. The lowest BCUT2D eigenvalue weighted by atomic mass is 10.1. The van der Waals surface area contributed by atoms with Crippen LogP contribution in [0.15, 0.2) is 18.2 Å². The second-order valence-corrected chi connectivity index (χ2v) is 4.74. The number of rotatable bonds is 4. The molecule has 96 valence electrons. The maximum atomic E-state index is 9.21. The monoisotopic (exact) mass is 245 g/mol. The number of aliphatic hydroxyl groups excluding tert-OH is 1. The highest BCUT2D eigenvalue weighted by Crippen LogP contribution is 2.29. The Labute approximate surface area is 108 Å². The van der Waals surface area contributed by atoms with Crippen LogP contribution < -0.4 is 10.6 Å². The van der Waals surface area contributed by atoms with Gasteiger partial charge in [0.1, 0.15) is 6.07 Å². The summed E-state index contributed by atoms with van der Waals surface area (Å²) in [4.78, 5) is 2.20. The first-order valence-electron chi connectivity index (χ1n) is 6.43. The molecule has 0 aromatic heterocycles. The number of nitriles is 1. The lowest BCUT2D eigenvalue weighted by Gasteiger charge is -2.30. The predicted octanol–water partition coefficient (Wildman–Crippen LogP) is 1.88.